The Hall–Kier alpha value is -1.85. The van der Waals surface area contributed by atoms with Gasteiger partial charge in [-0.15, -0.1) is 11.3 Å². The summed E-state index contributed by atoms with van der Waals surface area (Å²) in [7, 11) is 0. The predicted octanol–water partition coefficient (Wildman–Crippen LogP) is 2.64. The van der Waals surface area contributed by atoms with E-state index >= 15 is 0 Å². The number of hydrogen-bond donors (Lipinski definition) is 2. The second-order valence-corrected chi connectivity index (χ2v) is 6.78. The first-order chi connectivity index (χ1) is 10.5. The Morgan fingerprint density at radius 1 is 1.36 bits per heavy atom. The number of aliphatic hydroxyl groups is 1. The van der Waals surface area contributed by atoms with Gasteiger partial charge in [0, 0.05) is 16.4 Å². The van der Waals surface area contributed by atoms with Gasteiger partial charge in [-0.05, 0) is 24.4 Å². The number of rotatable bonds is 4. The molecule has 0 radical (unpaired) electrons. The lowest BCUT2D eigenvalue weighted by Crippen LogP contribution is -2.44. The number of fused-ring (bicyclic) bond motifs is 1. The molecule has 0 bridgehead atoms. The highest BCUT2D eigenvalue weighted by Gasteiger charge is 2.37. The maximum atomic E-state index is 12.4. The Morgan fingerprint density at radius 2 is 2.14 bits per heavy atom. The second-order valence-electron chi connectivity index (χ2n) is 5.83. The minimum atomic E-state index is -1.07. The largest absolute Gasteiger partial charge is 0.480 e. The van der Waals surface area contributed by atoms with E-state index in [1.807, 2.05) is 48.7 Å². The van der Waals surface area contributed by atoms with Crippen molar-refractivity contribution < 1.29 is 14.6 Å². The lowest BCUT2D eigenvalue weighted by molar-refractivity contribution is -0.129. The molecule has 0 spiro atoms. The van der Waals surface area contributed by atoms with Crippen molar-refractivity contribution in [3.05, 3.63) is 52.2 Å². The quantitative estimate of drug-likeness (QED) is 0.911. The van der Waals surface area contributed by atoms with Crippen molar-refractivity contribution in [2.24, 2.45) is 0 Å². The molecule has 2 heterocycles. The van der Waals surface area contributed by atoms with E-state index in [9.17, 15) is 9.90 Å². The standard InChI is InChI=1S/C17H19NO3S/c1-11-12-6-3-4-7-13(12)21-15(11)16(19)18-10-17(2,20)14-8-5-9-22-14/h3-9,11,15,20H,10H2,1-2H3,(H,18,19). The summed E-state index contributed by atoms with van der Waals surface area (Å²) in [5.74, 6) is 0.573. The van der Waals surface area contributed by atoms with E-state index in [2.05, 4.69) is 5.32 Å². The third-order valence-electron chi connectivity index (χ3n) is 4.03. The molecule has 5 heteroatoms. The summed E-state index contributed by atoms with van der Waals surface area (Å²) in [5, 5.41) is 15.2. The fourth-order valence-electron chi connectivity index (χ4n) is 2.68. The predicted molar refractivity (Wildman–Crippen MR) is 86.2 cm³/mol. The van der Waals surface area contributed by atoms with Gasteiger partial charge in [-0.25, -0.2) is 0 Å². The molecule has 2 aromatic rings. The van der Waals surface area contributed by atoms with E-state index < -0.39 is 11.7 Å². The average Bonchev–Trinajstić information content (AvgIpc) is 3.14. The van der Waals surface area contributed by atoms with Gasteiger partial charge in [0.05, 0.1) is 6.54 Å². The summed E-state index contributed by atoms with van der Waals surface area (Å²) in [5.41, 5.74) is -0.0221. The summed E-state index contributed by atoms with van der Waals surface area (Å²) in [6.07, 6.45) is -0.545. The Labute approximate surface area is 133 Å². The summed E-state index contributed by atoms with van der Waals surface area (Å²) < 4.78 is 5.75. The Bertz CT molecular complexity index is 666. The maximum Gasteiger partial charge on any atom is 0.261 e. The summed E-state index contributed by atoms with van der Waals surface area (Å²) in [6.45, 7) is 3.84. The molecule has 0 fully saturated rings. The summed E-state index contributed by atoms with van der Waals surface area (Å²) >= 11 is 1.47. The zero-order valence-electron chi connectivity index (χ0n) is 12.6. The highest BCUT2D eigenvalue weighted by atomic mass is 32.1. The van der Waals surface area contributed by atoms with Crippen LogP contribution in [0.5, 0.6) is 5.75 Å². The molecule has 0 aliphatic carbocycles. The van der Waals surface area contributed by atoms with Crippen LogP contribution in [0.4, 0.5) is 0 Å². The first-order valence-electron chi connectivity index (χ1n) is 7.29. The fraction of sp³-hybridized carbons (Fsp3) is 0.353. The lowest BCUT2D eigenvalue weighted by Gasteiger charge is -2.24. The van der Waals surface area contributed by atoms with Crippen LogP contribution >= 0.6 is 11.3 Å². The fourth-order valence-corrected chi connectivity index (χ4v) is 3.47. The normalized spacial score (nSPS) is 22.5. The monoisotopic (exact) mass is 317 g/mol. The van der Waals surface area contributed by atoms with Crippen molar-refractivity contribution >= 4 is 17.2 Å². The van der Waals surface area contributed by atoms with Crippen LogP contribution in [-0.4, -0.2) is 23.7 Å². The zero-order chi connectivity index (χ0) is 15.7. The first kappa shape index (κ1) is 15.1. The van der Waals surface area contributed by atoms with Gasteiger partial charge in [-0.1, -0.05) is 31.2 Å². The van der Waals surface area contributed by atoms with Crippen LogP contribution in [0, 0.1) is 0 Å². The van der Waals surface area contributed by atoms with E-state index in [1.54, 1.807) is 6.92 Å². The highest BCUT2D eigenvalue weighted by molar-refractivity contribution is 7.10. The number of hydrogen-bond acceptors (Lipinski definition) is 4. The van der Waals surface area contributed by atoms with Gasteiger partial charge >= 0.3 is 0 Å². The third kappa shape index (κ3) is 2.74. The molecule has 1 aromatic heterocycles. The summed E-state index contributed by atoms with van der Waals surface area (Å²) in [4.78, 5) is 13.2. The molecule has 22 heavy (non-hydrogen) atoms. The van der Waals surface area contributed by atoms with E-state index in [4.69, 9.17) is 4.74 Å². The number of amides is 1. The van der Waals surface area contributed by atoms with Crippen LogP contribution in [0.15, 0.2) is 41.8 Å². The van der Waals surface area contributed by atoms with Crippen molar-refractivity contribution in [2.75, 3.05) is 6.54 Å². The molecule has 3 rings (SSSR count). The molecule has 1 aliphatic rings. The van der Waals surface area contributed by atoms with Crippen LogP contribution in [0.25, 0.3) is 0 Å². The Balaban J connectivity index is 1.64. The van der Waals surface area contributed by atoms with E-state index in [1.165, 1.54) is 11.3 Å². The zero-order valence-corrected chi connectivity index (χ0v) is 13.4. The second kappa shape index (κ2) is 5.74. The lowest BCUT2D eigenvalue weighted by atomic mass is 9.97. The average molecular weight is 317 g/mol. The molecule has 3 unspecified atom stereocenters. The number of para-hydroxylation sites is 1. The van der Waals surface area contributed by atoms with E-state index in [0.29, 0.717) is 0 Å². The molecule has 1 aliphatic heterocycles. The third-order valence-corrected chi connectivity index (χ3v) is 5.16. The number of ether oxygens (including phenoxy) is 1. The van der Waals surface area contributed by atoms with Crippen molar-refractivity contribution in [1.82, 2.24) is 5.32 Å². The van der Waals surface area contributed by atoms with Crippen molar-refractivity contribution in [3.63, 3.8) is 0 Å². The molecule has 0 saturated heterocycles. The number of carbonyl (C=O) groups excluding carboxylic acids is 1. The first-order valence-corrected chi connectivity index (χ1v) is 8.16. The van der Waals surface area contributed by atoms with Crippen LogP contribution in [0.2, 0.25) is 0 Å². The van der Waals surface area contributed by atoms with Gasteiger partial charge in [-0.3, -0.25) is 4.79 Å². The number of nitrogens with one attached hydrogen (secondary N) is 1. The molecule has 2 N–H and O–H groups in total. The number of carbonyl (C=O) groups is 1. The number of thiophene rings is 1. The molecular formula is C17H19NO3S. The van der Waals surface area contributed by atoms with E-state index in [-0.39, 0.29) is 18.4 Å². The SMILES string of the molecule is CC1c2ccccc2OC1C(=O)NCC(C)(O)c1cccs1. The van der Waals surface area contributed by atoms with Crippen molar-refractivity contribution in [2.45, 2.75) is 31.5 Å². The van der Waals surface area contributed by atoms with Crippen molar-refractivity contribution in [3.8, 4) is 5.75 Å². The molecular weight excluding hydrogens is 298 g/mol. The van der Waals surface area contributed by atoms with E-state index in [0.717, 1.165) is 16.2 Å². The van der Waals surface area contributed by atoms with Gasteiger partial charge in [-0.2, -0.15) is 0 Å². The smallest absolute Gasteiger partial charge is 0.261 e. The molecule has 4 nitrogen and oxygen atoms in total. The minimum absolute atomic E-state index is 0.00267. The molecule has 1 amide bonds. The Kier molecular flexibility index (Phi) is 3.93. The minimum Gasteiger partial charge on any atom is -0.480 e. The Morgan fingerprint density at radius 3 is 2.82 bits per heavy atom. The molecule has 116 valence electrons. The number of benzene rings is 1. The van der Waals surface area contributed by atoms with Gasteiger partial charge in [0.25, 0.3) is 5.91 Å². The van der Waals surface area contributed by atoms with Gasteiger partial charge < -0.3 is 15.2 Å². The van der Waals surface area contributed by atoms with Crippen LogP contribution in [0.1, 0.15) is 30.2 Å². The maximum absolute atomic E-state index is 12.4. The molecule has 1 aromatic carbocycles. The van der Waals surface area contributed by atoms with Crippen LogP contribution in [-0.2, 0) is 10.4 Å². The van der Waals surface area contributed by atoms with Gasteiger partial charge in [0.2, 0.25) is 0 Å². The molecule has 0 saturated carbocycles. The summed E-state index contributed by atoms with van der Waals surface area (Å²) in [6, 6.07) is 11.4. The van der Waals surface area contributed by atoms with Crippen LogP contribution in [0.3, 0.4) is 0 Å². The van der Waals surface area contributed by atoms with Crippen LogP contribution < -0.4 is 10.1 Å². The van der Waals surface area contributed by atoms with Gasteiger partial charge in [0.15, 0.2) is 6.10 Å². The van der Waals surface area contributed by atoms with Crippen molar-refractivity contribution in [1.29, 1.82) is 0 Å². The molecule has 3 atom stereocenters. The topological polar surface area (TPSA) is 58.6 Å². The highest BCUT2D eigenvalue weighted by Crippen LogP contribution is 2.37. The van der Waals surface area contributed by atoms with Gasteiger partial charge in [0.1, 0.15) is 11.4 Å².